The molecule has 0 aliphatic rings. The summed E-state index contributed by atoms with van der Waals surface area (Å²) in [5, 5.41) is -1.83. The Kier molecular flexibility index (Phi) is 5.90. The van der Waals surface area contributed by atoms with Crippen molar-refractivity contribution in [2.45, 2.75) is 63.3 Å². The third-order valence-electron chi connectivity index (χ3n) is 4.41. The minimum atomic E-state index is -4.64. The zero-order valence-electron chi connectivity index (χ0n) is 12.0. The van der Waals surface area contributed by atoms with Gasteiger partial charge in [0.1, 0.15) is 0 Å². The monoisotopic (exact) mass is 336 g/mol. The van der Waals surface area contributed by atoms with Crippen molar-refractivity contribution in [2.75, 3.05) is 0 Å². The lowest BCUT2D eigenvalue weighted by Crippen LogP contribution is -2.59. The van der Waals surface area contributed by atoms with Crippen molar-refractivity contribution >= 4 is 24.9 Å². The molecule has 0 saturated heterocycles. The fourth-order valence-corrected chi connectivity index (χ4v) is 20.1. The van der Waals surface area contributed by atoms with E-state index in [0.717, 1.165) is 13.1 Å². The lowest BCUT2D eigenvalue weighted by atomic mass is 10.7. The van der Waals surface area contributed by atoms with Crippen molar-refractivity contribution < 1.29 is 26.1 Å². The average Bonchev–Trinajstić information content (AvgIpc) is 2.22. The van der Waals surface area contributed by atoms with E-state index in [1.807, 2.05) is 0 Å². The Labute approximate surface area is 115 Å². The Bertz CT molecular complexity index is 394. The van der Waals surface area contributed by atoms with E-state index in [-0.39, 0.29) is 0 Å². The van der Waals surface area contributed by atoms with Crippen LogP contribution in [0.15, 0.2) is 0 Å². The van der Waals surface area contributed by atoms with Crippen LogP contribution in [-0.2, 0) is 9.57 Å². The number of alkyl halides is 3. The zero-order valence-corrected chi connectivity index (χ0v) is 14.8. The van der Waals surface area contributed by atoms with Crippen LogP contribution < -0.4 is 0 Å². The molecule has 0 amide bonds. The smallest absolute Gasteiger partial charge is 0.291 e. The summed E-state index contributed by atoms with van der Waals surface area (Å²) in [5.74, 6) is 0. The van der Waals surface area contributed by atoms with Crippen LogP contribution in [0.1, 0.15) is 20.8 Å². The highest BCUT2D eigenvalue weighted by atomic mass is 32.4. The van der Waals surface area contributed by atoms with Gasteiger partial charge >= 0.3 is 6.18 Å². The van der Waals surface area contributed by atoms with Crippen LogP contribution in [0.4, 0.5) is 13.2 Å². The summed E-state index contributed by atoms with van der Waals surface area (Å²) >= 11 is 0. The normalized spacial score (nSPS) is 16.5. The first kappa shape index (κ1) is 19.1. The molecule has 3 nitrogen and oxygen atoms in total. The Morgan fingerprint density at radius 1 is 1.05 bits per heavy atom. The number of halogens is 3. The van der Waals surface area contributed by atoms with Crippen molar-refractivity contribution in [2.24, 2.45) is 0 Å². The third-order valence-corrected chi connectivity index (χ3v) is 22.6. The SMILES string of the molecule is CC[Si](CC)(CC)C(C(F)(F)F)[Si](C)(C)S(=O)(=O)O. The Balaban J connectivity index is 6.15. The second kappa shape index (κ2) is 5.86. The van der Waals surface area contributed by atoms with Gasteiger partial charge in [-0.05, 0) is 0 Å². The van der Waals surface area contributed by atoms with E-state index in [0.29, 0.717) is 18.1 Å². The summed E-state index contributed by atoms with van der Waals surface area (Å²) in [5.41, 5.74) is 0. The van der Waals surface area contributed by atoms with E-state index >= 15 is 0 Å². The quantitative estimate of drug-likeness (QED) is 0.588. The van der Waals surface area contributed by atoms with E-state index in [2.05, 4.69) is 0 Å². The maximum atomic E-state index is 13.5. The molecule has 0 aromatic rings. The molecule has 0 aliphatic carbocycles. The van der Waals surface area contributed by atoms with Crippen LogP contribution in [0.3, 0.4) is 0 Å². The molecule has 19 heavy (non-hydrogen) atoms. The Morgan fingerprint density at radius 3 is 1.53 bits per heavy atom. The molecule has 0 aromatic carbocycles. The van der Waals surface area contributed by atoms with Gasteiger partial charge in [0, 0.05) is 0 Å². The van der Waals surface area contributed by atoms with E-state index in [9.17, 15) is 26.1 Å². The minimum absolute atomic E-state index is 0.371. The van der Waals surface area contributed by atoms with Crippen LogP contribution >= 0.6 is 0 Å². The molecule has 1 atom stereocenters. The van der Waals surface area contributed by atoms with Gasteiger partial charge in [-0.25, -0.2) is 8.42 Å². The average molecular weight is 337 g/mol. The molecule has 1 N–H and O–H groups in total. The summed E-state index contributed by atoms with van der Waals surface area (Å²) in [6.45, 7) is 7.33. The lowest BCUT2D eigenvalue weighted by Gasteiger charge is -2.43. The highest BCUT2D eigenvalue weighted by molar-refractivity contribution is 8.18. The standard InChI is InChI=1S/C10H23F3O3SSi2/c1-6-19(7-2,8-3)9(10(11,12)13)18(4,5)17(14,15)16/h9H,6-8H2,1-5H3,(H,14,15,16). The molecule has 0 bridgehead atoms. The first-order valence-corrected chi connectivity index (χ1v) is 14.3. The fraction of sp³-hybridized carbons (Fsp3) is 1.00. The predicted molar refractivity (Wildman–Crippen MR) is 76.0 cm³/mol. The van der Waals surface area contributed by atoms with E-state index < -0.39 is 36.2 Å². The summed E-state index contributed by atoms with van der Waals surface area (Å²) in [6.07, 6.45) is -4.57. The van der Waals surface area contributed by atoms with Crippen LogP contribution in [0, 0.1) is 0 Å². The maximum Gasteiger partial charge on any atom is 0.388 e. The Morgan fingerprint density at radius 2 is 1.37 bits per heavy atom. The van der Waals surface area contributed by atoms with Gasteiger partial charge in [0.15, 0.2) is 0 Å². The number of hydrogen-bond acceptors (Lipinski definition) is 2. The van der Waals surface area contributed by atoms with Crippen LogP contribution in [0.2, 0.25) is 36.4 Å². The van der Waals surface area contributed by atoms with Gasteiger partial charge in [0.05, 0.1) is 13.2 Å². The van der Waals surface area contributed by atoms with Crippen molar-refractivity contribution in [1.29, 1.82) is 0 Å². The third kappa shape index (κ3) is 3.62. The first-order chi connectivity index (χ1) is 8.30. The molecule has 0 spiro atoms. The van der Waals surface area contributed by atoms with Crippen molar-refractivity contribution in [3.8, 4) is 0 Å². The van der Waals surface area contributed by atoms with E-state index in [4.69, 9.17) is 0 Å². The number of hydrogen-bond donors (Lipinski definition) is 1. The van der Waals surface area contributed by atoms with Gasteiger partial charge in [-0.1, -0.05) is 52.0 Å². The topological polar surface area (TPSA) is 54.4 Å². The molecule has 116 valence electrons. The van der Waals surface area contributed by atoms with Gasteiger partial charge in [0.25, 0.3) is 0 Å². The van der Waals surface area contributed by atoms with Gasteiger partial charge in [-0.2, -0.15) is 13.2 Å². The van der Waals surface area contributed by atoms with Gasteiger partial charge in [-0.3, -0.25) is 4.55 Å². The summed E-state index contributed by atoms with van der Waals surface area (Å²) < 4.78 is 72.7. The molecule has 0 radical (unpaired) electrons. The maximum absolute atomic E-state index is 13.5. The second-order valence-corrected chi connectivity index (χ2v) is 20.9. The highest BCUT2D eigenvalue weighted by Gasteiger charge is 2.64. The molecule has 0 aliphatic heterocycles. The molecule has 0 rings (SSSR count). The van der Waals surface area contributed by atoms with Crippen molar-refractivity contribution in [1.82, 2.24) is 0 Å². The molecular formula is C10H23F3O3SSi2. The second-order valence-electron chi connectivity index (χ2n) is 5.48. The molecule has 0 aromatic heterocycles. The first-order valence-electron chi connectivity index (χ1n) is 6.33. The number of rotatable bonds is 6. The van der Waals surface area contributed by atoms with Crippen LogP contribution in [0.5, 0.6) is 0 Å². The van der Waals surface area contributed by atoms with Crippen molar-refractivity contribution in [3.63, 3.8) is 0 Å². The van der Waals surface area contributed by atoms with Gasteiger partial charge in [0.2, 0.25) is 16.8 Å². The molecular weight excluding hydrogens is 313 g/mol. The highest BCUT2D eigenvalue weighted by Crippen LogP contribution is 2.51. The van der Waals surface area contributed by atoms with E-state index in [1.165, 1.54) is 0 Å². The van der Waals surface area contributed by atoms with Crippen LogP contribution in [-0.4, -0.2) is 34.4 Å². The molecule has 0 heterocycles. The van der Waals surface area contributed by atoms with E-state index in [1.54, 1.807) is 20.8 Å². The van der Waals surface area contributed by atoms with Crippen molar-refractivity contribution in [3.05, 3.63) is 0 Å². The predicted octanol–water partition coefficient (Wildman–Crippen LogP) is 4.06. The molecule has 9 heteroatoms. The van der Waals surface area contributed by atoms with Gasteiger partial charge < -0.3 is 0 Å². The molecule has 1 unspecified atom stereocenters. The van der Waals surface area contributed by atoms with Crippen LogP contribution in [0.25, 0.3) is 0 Å². The molecule has 0 saturated carbocycles. The summed E-state index contributed by atoms with van der Waals surface area (Å²) in [4.78, 5) is 0. The Hall–Kier alpha value is 0.134. The lowest BCUT2D eigenvalue weighted by molar-refractivity contribution is -0.121. The minimum Gasteiger partial charge on any atom is -0.291 e. The zero-order chi connectivity index (χ0) is 15.7. The fourth-order valence-electron chi connectivity index (χ4n) is 2.99. The summed E-state index contributed by atoms with van der Waals surface area (Å²) in [7, 11) is -11.4. The van der Waals surface area contributed by atoms with Gasteiger partial charge in [-0.15, -0.1) is 0 Å². The molecule has 0 fully saturated rings. The largest absolute Gasteiger partial charge is 0.388 e. The summed E-state index contributed by atoms with van der Waals surface area (Å²) in [6, 6.07) is 1.11.